The summed E-state index contributed by atoms with van der Waals surface area (Å²) >= 11 is 1.86. The maximum atomic E-state index is 5.73. The van der Waals surface area contributed by atoms with Gasteiger partial charge in [-0.05, 0) is 24.7 Å². The van der Waals surface area contributed by atoms with Crippen LogP contribution in [0.3, 0.4) is 0 Å². The number of hydrogen-bond donors (Lipinski definition) is 1. The predicted molar refractivity (Wildman–Crippen MR) is 72.3 cm³/mol. The van der Waals surface area contributed by atoms with Gasteiger partial charge in [0.25, 0.3) is 0 Å². The van der Waals surface area contributed by atoms with Crippen LogP contribution in [0.25, 0.3) is 0 Å². The van der Waals surface area contributed by atoms with Gasteiger partial charge in [0.15, 0.2) is 0 Å². The van der Waals surface area contributed by atoms with Gasteiger partial charge in [0.1, 0.15) is 0 Å². The van der Waals surface area contributed by atoms with Crippen LogP contribution in [-0.2, 0) is 11.3 Å². The Kier molecular flexibility index (Phi) is 4.86. The van der Waals surface area contributed by atoms with Gasteiger partial charge < -0.3 is 15.4 Å². The van der Waals surface area contributed by atoms with Crippen molar-refractivity contribution in [1.82, 2.24) is 4.90 Å². The average molecular weight is 252 g/mol. The van der Waals surface area contributed by atoms with E-state index in [9.17, 15) is 0 Å². The van der Waals surface area contributed by atoms with E-state index in [-0.39, 0.29) is 0 Å². The van der Waals surface area contributed by atoms with Crippen LogP contribution in [0.2, 0.25) is 0 Å². The first-order chi connectivity index (χ1) is 8.28. The van der Waals surface area contributed by atoms with Gasteiger partial charge in [0.2, 0.25) is 0 Å². The minimum atomic E-state index is 0.355. The maximum absolute atomic E-state index is 5.73. The Morgan fingerprint density at radius 3 is 2.82 bits per heavy atom. The smallest absolute Gasteiger partial charge is 0.0796 e. The Labute approximate surface area is 107 Å². The molecule has 0 bridgehead atoms. The summed E-state index contributed by atoms with van der Waals surface area (Å²) in [5.74, 6) is 1.02. The van der Waals surface area contributed by atoms with Crippen molar-refractivity contribution in [2.24, 2.45) is 5.73 Å². The Balaban J connectivity index is 1.80. The van der Waals surface area contributed by atoms with Crippen molar-refractivity contribution in [3.63, 3.8) is 0 Å². The molecule has 1 saturated heterocycles. The molecule has 2 N–H and O–H groups in total. The number of benzene rings is 1. The van der Waals surface area contributed by atoms with E-state index in [1.54, 1.807) is 0 Å². The highest BCUT2D eigenvalue weighted by Gasteiger charge is 2.17. The van der Waals surface area contributed by atoms with Crippen LogP contribution < -0.4 is 5.73 Å². The molecule has 0 aromatic heterocycles. The molecule has 1 heterocycles. The molecule has 1 unspecified atom stereocenters. The normalized spacial score (nSPS) is 21.6. The van der Waals surface area contributed by atoms with E-state index in [0.717, 1.165) is 25.4 Å². The Hall–Kier alpha value is -0.550. The van der Waals surface area contributed by atoms with Gasteiger partial charge in [0.05, 0.1) is 12.7 Å². The van der Waals surface area contributed by atoms with Crippen molar-refractivity contribution < 1.29 is 4.74 Å². The molecule has 0 radical (unpaired) electrons. The van der Waals surface area contributed by atoms with E-state index in [1.807, 2.05) is 11.8 Å². The van der Waals surface area contributed by atoms with Gasteiger partial charge in [-0.2, -0.15) is 0 Å². The van der Waals surface area contributed by atoms with Crippen molar-refractivity contribution in [1.29, 1.82) is 0 Å². The van der Waals surface area contributed by atoms with E-state index >= 15 is 0 Å². The number of nitrogens with two attached hydrogens (primary N) is 1. The van der Waals surface area contributed by atoms with Crippen molar-refractivity contribution in [3.05, 3.63) is 29.8 Å². The molecule has 1 atom stereocenters. The van der Waals surface area contributed by atoms with Gasteiger partial charge in [0, 0.05) is 30.3 Å². The molecule has 0 aliphatic carbocycles. The topological polar surface area (TPSA) is 38.5 Å². The summed E-state index contributed by atoms with van der Waals surface area (Å²) in [6.45, 7) is 3.55. The first-order valence-corrected chi connectivity index (χ1v) is 6.98. The molecule has 17 heavy (non-hydrogen) atoms. The highest BCUT2D eigenvalue weighted by atomic mass is 32.2. The number of rotatable bonds is 4. The molecule has 0 spiro atoms. The zero-order valence-electron chi connectivity index (χ0n) is 10.3. The van der Waals surface area contributed by atoms with Crippen molar-refractivity contribution in [3.8, 4) is 0 Å². The van der Waals surface area contributed by atoms with E-state index in [0.29, 0.717) is 12.6 Å². The largest absolute Gasteiger partial charge is 0.375 e. The fourth-order valence-corrected chi connectivity index (χ4v) is 2.79. The number of thioether (sulfide) groups is 1. The maximum Gasteiger partial charge on any atom is 0.0796 e. The Morgan fingerprint density at radius 2 is 2.18 bits per heavy atom. The lowest BCUT2D eigenvalue weighted by Gasteiger charge is -2.29. The van der Waals surface area contributed by atoms with Crippen molar-refractivity contribution >= 4 is 11.8 Å². The third-order valence-electron chi connectivity index (χ3n) is 2.94. The molecule has 1 aliphatic rings. The van der Waals surface area contributed by atoms with Crippen LogP contribution in [0.5, 0.6) is 0 Å². The minimum Gasteiger partial charge on any atom is -0.375 e. The molecular weight excluding hydrogens is 232 g/mol. The summed E-state index contributed by atoms with van der Waals surface area (Å²) < 4.78 is 5.73. The van der Waals surface area contributed by atoms with Crippen LogP contribution in [-0.4, -0.2) is 43.5 Å². The van der Waals surface area contributed by atoms with Gasteiger partial charge in [-0.25, -0.2) is 0 Å². The summed E-state index contributed by atoms with van der Waals surface area (Å²) in [5.41, 5.74) is 6.76. The molecule has 2 rings (SSSR count). The second-order valence-corrected chi connectivity index (χ2v) is 5.51. The SMILES string of the molecule is CN1CCOC(CSc2ccc(CN)cc2)C1. The average Bonchev–Trinajstić information content (AvgIpc) is 2.37. The number of hydrogen-bond acceptors (Lipinski definition) is 4. The molecule has 3 nitrogen and oxygen atoms in total. The zero-order valence-corrected chi connectivity index (χ0v) is 11.1. The zero-order chi connectivity index (χ0) is 12.1. The lowest BCUT2D eigenvalue weighted by atomic mass is 10.2. The van der Waals surface area contributed by atoms with Crippen molar-refractivity contribution in [2.75, 3.05) is 32.5 Å². The Bertz CT molecular complexity index is 342. The Morgan fingerprint density at radius 1 is 1.41 bits per heavy atom. The van der Waals surface area contributed by atoms with Crippen LogP contribution >= 0.6 is 11.8 Å². The van der Waals surface area contributed by atoms with Crippen molar-refractivity contribution in [2.45, 2.75) is 17.5 Å². The van der Waals surface area contributed by atoms with Crippen LogP contribution in [0.1, 0.15) is 5.56 Å². The van der Waals surface area contributed by atoms with E-state index < -0.39 is 0 Å². The number of morpholine rings is 1. The third kappa shape index (κ3) is 4.00. The van der Waals surface area contributed by atoms with E-state index in [4.69, 9.17) is 10.5 Å². The monoisotopic (exact) mass is 252 g/mol. The molecular formula is C13H20N2OS. The van der Waals surface area contributed by atoms with E-state index in [1.165, 1.54) is 10.5 Å². The molecule has 1 aromatic rings. The molecule has 1 fully saturated rings. The molecule has 0 saturated carbocycles. The molecule has 0 amide bonds. The number of nitrogens with zero attached hydrogens (tertiary/aromatic N) is 1. The summed E-state index contributed by atoms with van der Waals surface area (Å²) in [6, 6.07) is 8.46. The highest BCUT2D eigenvalue weighted by molar-refractivity contribution is 7.99. The van der Waals surface area contributed by atoms with Gasteiger partial charge >= 0.3 is 0 Å². The molecule has 1 aromatic carbocycles. The molecule has 1 aliphatic heterocycles. The second kappa shape index (κ2) is 6.40. The van der Waals surface area contributed by atoms with Gasteiger partial charge in [-0.15, -0.1) is 11.8 Å². The van der Waals surface area contributed by atoms with E-state index in [2.05, 4.69) is 36.2 Å². The summed E-state index contributed by atoms with van der Waals surface area (Å²) in [6.07, 6.45) is 0.355. The minimum absolute atomic E-state index is 0.355. The van der Waals surface area contributed by atoms with Gasteiger partial charge in [-0.1, -0.05) is 12.1 Å². The predicted octanol–water partition coefficient (Wildman–Crippen LogP) is 1.57. The number of ether oxygens (including phenoxy) is 1. The fourth-order valence-electron chi connectivity index (χ4n) is 1.88. The van der Waals surface area contributed by atoms with Crippen LogP contribution in [0.4, 0.5) is 0 Å². The molecule has 4 heteroatoms. The second-order valence-electron chi connectivity index (χ2n) is 4.41. The lowest BCUT2D eigenvalue weighted by molar-refractivity contribution is -0.00598. The van der Waals surface area contributed by atoms with Gasteiger partial charge in [-0.3, -0.25) is 0 Å². The summed E-state index contributed by atoms with van der Waals surface area (Å²) in [7, 11) is 2.15. The van der Waals surface area contributed by atoms with Crippen LogP contribution in [0, 0.1) is 0 Å². The standard InChI is InChI=1S/C13H20N2OS/c1-15-6-7-16-12(9-15)10-17-13-4-2-11(8-14)3-5-13/h2-5,12H,6-10,14H2,1H3. The highest BCUT2D eigenvalue weighted by Crippen LogP contribution is 2.21. The first kappa shape index (κ1) is 12.9. The molecule has 94 valence electrons. The first-order valence-electron chi connectivity index (χ1n) is 6.00. The number of likely N-dealkylation sites (N-methyl/N-ethyl adjacent to an activating group) is 1. The van der Waals surface area contributed by atoms with Crippen LogP contribution in [0.15, 0.2) is 29.2 Å². The fraction of sp³-hybridized carbons (Fsp3) is 0.538. The quantitative estimate of drug-likeness (QED) is 0.826. The lowest BCUT2D eigenvalue weighted by Crippen LogP contribution is -2.41. The summed E-state index contributed by atoms with van der Waals surface area (Å²) in [5, 5.41) is 0. The summed E-state index contributed by atoms with van der Waals surface area (Å²) in [4.78, 5) is 3.62. The third-order valence-corrected chi connectivity index (χ3v) is 4.08.